The van der Waals surface area contributed by atoms with Crippen LogP contribution in [-0.4, -0.2) is 98.6 Å². The molecule has 2 fully saturated rings. The minimum absolute atomic E-state index is 0.362. The van der Waals surface area contributed by atoms with Crippen molar-refractivity contribution in [2.75, 3.05) is 73.5 Å². The third-order valence-electron chi connectivity index (χ3n) is 5.23. The number of piperazine rings is 1. The molecule has 0 aromatic carbocycles. The quantitative estimate of drug-likeness (QED) is 0.750. The zero-order valence-electron chi connectivity index (χ0n) is 19.6. The molecule has 0 N–H and O–H groups in total. The minimum Gasteiger partial charge on any atom is -0.309 e. The Morgan fingerprint density at radius 1 is 0.846 bits per heavy atom. The predicted octanol–water partition coefficient (Wildman–Crippen LogP) is 3.73. The first-order valence-corrected chi connectivity index (χ1v) is 10.9. The smallest absolute Gasteiger partial charge is 0.0126 e. The second kappa shape index (κ2) is 13.9. The van der Waals surface area contributed by atoms with Crippen molar-refractivity contribution in [2.45, 2.75) is 66.3 Å². The van der Waals surface area contributed by atoms with Crippen LogP contribution < -0.4 is 0 Å². The molecule has 0 unspecified atom stereocenters. The molecule has 2 aliphatic heterocycles. The Labute approximate surface area is 165 Å². The van der Waals surface area contributed by atoms with Crippen LogP contribution in [-0.2, 0) is 0 Å². The fourth-order valence-corrected chi connectivity index (χ4v) is 3.48. The van der Waals surface area contributed by atoms with Crippen LogP contribution in [0.15, 0.2) is 0 Å². The van der Waals surface area contributed by atoms with Gasteiger partial charge in [0.2, 0.25) is 0 Å². The van der Waals surface area contributed by atoms with Gasteiger partial charge < -0.3 is 14.7 Å². The highest BCUT2D eigenvalue weighted by Gasteiger charge is 2.24. The Morgan fingerprint density at radius 3 is 1.65 bits per heavy atom. The van der Waals surface area contributed by atoms with Crippen LogP contribution in [0, 0.1) is 5.92 Å². The molecule has 0 aromatic heterocycles. The average Bonchev–Trinajstić information content (AvgIpc) is 2.56. The highest BCUT2D eigenvalue weighted by molar-refractivity contribution is 4.80. The number of likely N-dealkylation sites (tertiary alicyclic amines) is 1. The van der Waals surface area contributed by atoms with Gasteiger partial charge in [-0.1, -0.05) is 27.2 Å². The molecule has 2 heterocycles. The van der Waals surface area contributed by atoms with Gasteiger partial charge in [-0.05, 0) is 80.3 Å². The molecule has 0 amide bonds. The van der Waals surface area contributed by atoms with Gasteiger partial charge in [-0.25, -0.2) is 0 Å². The Morgan fingerprint density at radius 2 is 1.31 bits per heavy atom. The third kappa shape index (κ3) is 12.3. The van der Waals surface area contributed by atoms with Crippen molar-refractivity contribution in [2.24, 2.45) is 5.92 Å². The molecule has 0 aromatic rings. The van der Waals surface area contributed by atoms with Crippen molar-refractivity contribution < 1.29 is 0 Å². The number of piperidine rings is 1. The third-order valence-corrected chi connectivity index (χ3v) is 5.23. The number of nitrogens with zero attached hydrogens (tertiary/aromatic N) is 4. The van der Waals surface area contributed by atoms with Crippen LogP contribution in [0.5, 0.6) is 0 Å². The summed E-state index contributed by atoms with van der Waals surface area (Å²) in [5, 5.41) is 0. The van der Waals surface area contributed by atoms with Gasteiger partial charge in [0.05, 0.1) is 0 Å². The lowest BCUT2D eigenvalue weighted by atomic mass is 9.96. The van der Waals surface area contributed by atoms with Crippen molar-refractivity contribution in [3.05, 3.63) is 0 Å². The molecule has 0 bridgehead atoms. The molecule has 0 spiro atoms. The summed E-state index contributed by atoms with van der Waals surface area (Å²) in [5.41, 5.74) is 0.362. The first-order chi connectivity index (χ1) is 12.1. The molecule has 2 saturated heterocycles. The highest BCUT2D eigenvalue weighted by Crippen LogP contribution is 2.17. The molecule has 2 aliphatic rings. The van der Waals surface area contributed by atoms with E-state index in [4.69, 9.17) is 0 Å². The van der Waals surface area contributed by atoms with Crippen molar-refractivity contribution in [3.63, 3.8) is 0 Å². The summed E-state index contributed by atoms with van der Waals surface area (Å²) < 4.78 is 0. The topological polar surface area (TPSA) is 13.0 Å². The van der Waals surface area contributed by atoms with Crippen LogP contribution in [0.2, 0.25) is 0 Å². The zero-order chi connectivity index (χ0) is 20.2. The molecule has 4 nitrogen and oxygen atoms in total. The van der Waals surface area contributed by atoms with Gasteiger partial charge in [0.1, 0.15) is 0 Å². The molecule has 0 saturated carbocycles. The van der Waals surface area contributed by atoms with Gasteiger partial charge >= 0.3 is 0 Å². The number of hydrogen-bond donors (Lipinski definition) is 0. The van der Waals surface area contributed by atoms with E-state index in [0.717, 1.165) is 5.92 Å². The summed E-state index contributed by atoms with van der Waals surface area (Å²) in [6.45, 7) is 23.4. The molecule has 0 radical (unpaired) electrons. The van der Waals surface area contributed by atoms with Gasteiger partial charge in [0, 0.05) is 38.3 Å². The largest absolute Gasteiger partial charge is 0.309 e. The molecule has 0 atom stereocenters. The average molecular weight is 371 g/mol. The fourth-order valence-electron chi connectivity index (χ4n) is 3.48. The van der Waals surface area contributed by atoms with Gasteiger partial charge in [-0.2, -0.15) is 0 Å². The van der Waals surface area contributed by atoms with Crippen molar-refractivity contribution >= 4 is 0 Å². The maximum Gasteiger partial charge on any atom is 0.0126 e. The molecule has 2 rings (SSSR count). The molecule has 158 valence electrons. The molecule has 4 heteroatoms. The van der Waals surface area contributed by atoms with E-state index in [9.17, 15) is 0 Å². The SMILES string of the molecule is CCC.CCN1CCC(CN(C)C)CC1.CN1CCN(C(C)(C)C)CC1. The van der Waals surface area contributed by atoms with Gasteiger partial charge in [-0.15, -0.1) is 0 Å². The van der Waals surface area contributed by atoms with Crippen LogP contribution >= 0.6 is 0 Å². The summed E-state index contributed by atoms with van der Waals surface area (Å²) in [5.74, 6) is 0.947. The van der Waals surface area contributed by atoms with Gasteiger partial charge in [0.15, 0.2) is 0 Å². The van der Waals surface area contributed by atoms with E-state index < -0.39 is 0 Å². The monoisotopic (exact) mass is 370 g/mol. The highest BCUT2D eigenvalue weighted by atomic mass is 15.3. The summed E-state index contributed by atoms with van der Waals surface area (Å²) >= 11 is 0. The standard InChI is InChI=1S/C10H22N2.C9H20N2.C3H8/c1-4-12-7-5-10(6-8-12)9-11(2)3;1-9(2,3)11-7-5-10(4)6-8-11;1-3-2/h10H,4-9H2,1-3H3;5-8H2,1-4H3;3H2,1-2H3. The Balaban J connectivity index is 0.000000419. The summed E-state index contributed by atoms with van der Waals surface area (Å²) in [7, 11) is 6.54. The second-order valence-corrected chi connectivity index (χ2v) is 9.31. The lowest BCUT2D eigenvalue weighted by molar-refractivity contribution is 0.0735. The van der Waals surface area contributed by atoms with Crippen LogP contribution in [0.1, 0.15) is 60.8 Å². The predicted molar refractivity (Wildman–Crippen MR) is 118 cm³/mol. The van der Waals surface area contributed by atoms with Crippen molar-refractivity contribution in [1.29, 1.82) is 0 Å². The van der Waals surface area contributed by atoms with E-state index in [1.54, 1.807) is 0 Å². The van der Waals surface area contributed by atoms with E-state index in [2.05, 4.69) is 82.3 Å². The summed E-state index contributed by atoms with van der Waals surface area (Å²) in [6.07, 6.45) is 4.04. The van der Waals surface area contributed by atoms with Crippen molar-refractivity contribution in [1.82, 2.24) is 19.6 Å². The molecule has 0 aliphatic carbocycles. The maximum atomic E-state index is 2.55. The van der Waals surface area contributed by atoms with Crippen LogP contribution in [0.3, 0.4) is 0 Å². The summed E-state index contributed by atoms with van der Waals surface area (Å²) in [4.78, 5) is 9.80. The summed E-state index contributed by atoms with van der Waals surface area (Å²) in [6, 6.07) is 0. The lowest BCUT2D eigenvalue weighted by Gasteiger charge is -2.41. The van der Waals surface area contributed by atoms with E-state index >= 15 is 0 Å². The molecular formula is C22H50N4. The van der Waals surface area contributed by atoms with Crippen molar-refractivity contribution in [3.8, 4) is 0 Å². The van der Waals surface area contributed by atoms with Crippen LogP contribution in [0.4, 0.5) is 0 Å². The maximum absolute atomic E-state index is 2.55. The zero-order valence-corrected chi connectivity index (χ0v) is 19.6. The Bertz CT molecular complexity index is 309. The number of likely N-dealkylation sites (N-methyl/N-ethyl adjacent to an activating group) is 1. The number of rotatable bonds is 3. The Hall–Kier alpha value is -0.160. The lowest BCUT2D eigenvalue weighted by Crippen LogP contribution is -2.52. The fraction of sp³-hybridized carbons (Fsp3) is 1.00. The van der Waals surface area contributed by atoms with E-state index in [1.807, 2.05) is 0 Å². The van der Waals surface area contributed by atoms with E-state index in [-0.39, 0.29) is 0 Å². The Kier molecular flexibility index (Phi) is 13.8. The normalized spacial score (nSPS) is 21.0. The first-order valence-electron chi connectivity index (χ1n) is 10.9. The van der Waals surface area contributed by atoms with Gasteiger partial charge in [0.25, 0.3) is 0 Å². The van der Waals surface area contributed by atoms with E-state index in [1.165, 1.54) is 71.6 Å². The minimum atomic E-state index is 0.362. The molecule has 26 heavy (non-hydrogen) atoms. The van der Waals surface area contributed by atoms with Crippen LogP contribution in [0.25, 0.3) is 0 Å². The van der Waals surface area contributed by atoms with E-state index in [0.29, 0.717) is 5.54 Å². The second-order valence-electron chi connectivity index (χ2n) is 9.31. The number of hydrogen-bond acceptors (Lipinski definition) is 4. The van der Waals surface area contributed by atoms with Gasteiger partial charge in [-0.3, -0.25) is 4.90 Å². The molecular weight excluding hydrogens is 320 g/mol. The first kappa shape index (κ1) is 25.8.